The summed E-state index contributed by atoms with van der Waals surface area (Å²) in [5.41, 5.74) is 2.00. The molecular weight excluding hydrogens is 448 g/mol. The standard InChI is InChI=1S/C24H25ClN2O4S/c1-3-31-23-13-12-21(14-17(23)2)32(29,30)27-22(15-18-8-5-4-6-9-18)24(28)26-20-11-7-10-19(25)16-20/h4-14,16,22,27H,3,15H2,1-2H3,(H,26,28). The van der Waals surface area contributed by atoms with Crippen LogP contribution in [0.1, 0.15) is 18.1 Å². The van der Waals surface area contributed by atoms with Gasteiger partial charge >= 0.3 is 0 Å². The van der Waals surface area contributed by atoms with Crippen LogP contribution < -0.4 is 14.8 Å². The van der Waals surface area contributed by atoms with Crippen molar-refractivity contribution < 1.29 is 17.9 Å². The minimum atomic E-state index is -3.97. The van der Waals surface area contributed by atoms with Gasteiger partial charge in [-0.1, -0.05) is 48.0 Å². The topological polar surface area (TPSA) is 84.5 Å². The van der Waals surface area contributed by atoms with Gasteiger partial charge in [0.25, 0.3) is 0 Å². The molecule has 0 aliphatic carbocycles. The normalized spacial score (nSPS) is 12.2. The highest BCUT2D eigenvalue weighted by Crippen LogP contribution is 2.22. The van der Waals surface area contributed by atoms with Crippen molar-refractivity contribution in [3.8, 4) is 5.75 Å². The van der Waals surface area contributed by atoms with Gasteiger partial charge in [-0.3, -0.25) is 4.79 Å². The first-order valence-electron chi connectivity index (χ1n) is 10.1. The third kappa shape index (κ3) is 6.32. The third-order valence-corrected chi connectivity index (χ3v) is 6.45. The maximum Gasteiger partial charge on any atom is 0.242 e. The zero-order valence-electron chi connectivity index (χ0n) is 17.8. The summed E-state index contributed by atoms with van der Waals surface area (Å²) in [6.45, 7) is 4.11. The summed E-state index contributed by atoms with van der Waals surface area (Å²) in [5.74, 6) is 0.133. The Bertz CT molecular complexity index is 1180. The Labute approximate surface area is 193 Å². The summed E-state index contributed by atoms with van der Waals surface area (Å²) >= 11 is 6.00. The van der Waals surface area contributed by atoms with Gasteiger partial charge in [0, 0.05) is 10.7 Å². The number of rotatable bonds is 9. The fraction of sp³-hybridized carbons (Fsp3) is 0.208. The number of anilines is 1. The van der Waals surface area contributed by atoms with Gasteiger partial charge in [0.15, 0.2) is 0 Å². The van der Waals surface area contributed by atoms with Crippen LogP contribution in [0.2, 0.25) is 5.02 Å². The van der Waals surface area contributed by atoms with Crippen LogP contribution in [-0.4, -0.2) is 27.0 Å². The largest absolute Gasteiger partial charge is 0.494 e. The summed E-state index contributed by atoms with van der Waals surface area (Å²) in [6, 6.07) is 19.5. The molecule has 32 heavy (non-hydrogen) atoms. The van der Waals surface area contributed by atoms with E-state index in [0.717, 1.165) is 5.56 Å². The number of hydrogen-bond acceptors (Lipinski definition) is 4. The number of sulfonamides is 1. The molecule has 1 amide bonds. The Balaban J connectivity index is 1.87. The summed E-state index contributed by atoms with van der Waals surface area (Å²) in [6.07, 6.45) is 0.183. The van der Waals surface area contributed by atoms with Gasteiger partial charge in [-0.2, -0.15) is 4.72 Å². The first-order chi connectivity index (χ1) is 15.3. The number of ether oxygens (including phenoxy) is 1. The average Bonchev–Trinajstić information content (AvgIpc) is 2.75. The summed E-state index contributed by atoms with van der Waals surface area (Å²) in [5, 5.41) is 3.21. The summed E-state index contributed by atoms with van der Waals surface area (Å²) in [4.78, 5) is 13.1. The molecule has 168 valence electrons. The maximum absolute atomic E-state index is 13.1. The second kappa shape index (κ2) is 10.6. The van der Waals surface area contributed by atoms with Gasteiger partial charge in [-0.25, -0.2) is 8.42 Å². The minimum absolute atomic E-state index is 0.0621. The fourth-order valence-electron chi connectivity index (χ4n) is 3.20. The van der Waals surface area contributed by atoms with E-state index in [2.05, 4.69) is 10.0 Å². The van der Waals surface area contributed by atoms with Crippen molar-refractivity contribution in [1.29, 1.82) is 0 Å². The molecule has 0 aliphatic heterocycles. The predicted octanol–water partition coefficient (Wildman–Crippen LogP) is 4.58. The molecule has 2 N–H and O–H groups in total. The number of nitrogens with one attached hydrogen (secondary N) is 2. The number of halogens is 1. The van der Waals surface area contributed by atoms with Crippen LogP contribution in [-0.2, 0) is 21.2 Å². The van der Waals surface area contributed by atoms with E-state index in [-0.39, 0.29) is 11.3 Å². The lowest BCUT2D eigenvalue weighted by Crippen LogP contribution is -2.45. The number of aryl methyl sites for hydroxylation is 1. The van der Waals surface area contributed by atoms with Crippen LogP contribution in [0.25, 0.3) is 0 Å². The van der Waals surface area contributed by atoms with E-state index >= 15 is 0 Å². The van der Waals surface area contributed by atoms with E-state index in [0.29, 0.717) is 28.6 Å². The molecule has 0 aromatic heterocycles. The molecule has 3 aromatic carbocycles. The molecule has 8 heteroatoms. The van der Waals surface area contributed by atoms with Crippen LogP contribution in [0.3, 0.4) is 0 Å². The van der Waals surface area contributed by atoms with Crippen LogP contribution in [0.4, 0.5) is 5.69 Å². The fourth-order valence-corrected chi connectivity index (χ4v) is 4.67. The van der Waals surface area contributed by atoms with E-state index in [9.17, 15) is 13.2 Å². The Morgan fingerprint density at radius 3 is 2.44 bits per heavy atom. The molecular formula is C24H25ClN2O4S. The van der Waals surface area contributed by atoms with E-state index in [1.54, 1.807) is 37.3 Å². The van der Waals surface area contributed by atoms with Crippen LogP contribution >= 0.6 is 11.6 Å². The summed E-state index contributed by atoms with van der Waals surface area (Å²) in [7, 11) is -3.97. The minimum Gasteiger partial charge on any atom is -0.494 e. The summed E-state index contributed by atoms with van der Waals surface area (Å²) < 4.78 is 34.3. The zero-order valence-corrected chi connectivity index (χ0v) is 19.4. The molecule has 0 aliphatic rings. The van der Waals surface area contributed by atoms with Crippen molar-refractivity contribution in [3.05, 3.63) is 88.9 Å². The highest BCUT2D eigenvalue weighted by Gasteiger charge is 2.27. The number of carbonyl (C=O) groups excluding carboxylic acids is 1. The van der Waals surface area contributed by atoms with E-state index in [1.807, 2.05) is 37.3 Å². The molecule has 0 fully saturated rings. The number of benzene rings is 3. The lowest BCUT2D eigenvalue weighted by atomic mass is 10.1. The van der Waals surface area contributed by atoms with Gasteiger partial charge in [-0.05, 0) is 67.8 Å². The molecule has 0 bridgehead atoms. The predicted molar refractivity (Wildman–Crippen MR) is 127 cm³/mol. The van der Waals surface area contributed by atoms with Gasteiger partial charge < -0.3 is 10.1 Å². The molecule has 1 unspecified atom stereocenters. The van der Waals surface area contributed by atoms with Crippen molar-refractivity contribution in [3.63, 3.8) is 0 Å². The lowest BCUT2D eigenvalue weighted by molar-refractivity contribution is -0.117. The van der Waals surface area contributed by atoms with Gasteiger partial charge in [0.2, 0.25) is 15.9 Å². The van der Waals surface area contributed by atoms with Gasteiger partial charge in [-0.15, -0.1) is 0 Å². The number of amides is 1. The first-order valence-corrected chi connectivity index (χ1v) is 12.0. The Hall–Kier alpha value is -2.87. The molecule has 0 saturated heterocycles. The van der Waals surface area contributed by atoms with Gasteiger partial charge in [0.05, 0.1) is 11.5 Å². The Kier molecular flexibility index (Phi) is 7.90. The molecule has 0 heterocycles. The van der Waals surface area contributed by atoms with E-state index in [4.69, 9.17) is 16.3 Å². The van der Waals surface area contributed by atoms with Crippen molar-refractivity contribution in [2.24, 2.45) is 0 Å². The second-order valence-electron chi connectivity index (χ2n) is 7.22. The van der Waals surface area contributed by atoms with E-state index in [1.165, 1.54) is 12.1 Å². The molecule has 3 rings (SSSR count). The van der Waals surface area contributed by atoms with Crippen molar-refractivity contribution in [2.45, 2.75) is 31.2 Å². The highest BCUT2D eigenvalue weighted by atomic mass is 35.5. The molecule has 0 radical (unpaired) electrons. The van der Waals surface area contributed by atoms with Crippen LogP contribution in [0, 0.1) is 6.92 Å². The monoisotopic (exact) mass is 472 g/mol. The van der Waals surface area contributed by atoms with Crippen molar-refractivity contribution in [1.82, 2.24) is 4.72 Å². The first kappa shape index (κ1) is 23.8. The van der Waals surface area contributed by atoms with Gasteiger partial charge in [0.1, 0.15) is 11.8 Å². The molecule has 1 atom stereocenters. The van der Waals surface area contributed by atoms with Crippen LogP contribution in [0.5, 0.6) is 5.75 Å². The van der Waals surface area contributed by atoms with E-state index < -0.39 is 22.0 Å². The Morgan fingerprint density at radius 1 is 1.03 bits per heavy atom. The number of hydrogen-bond donors (Lipinski definition) is 2. The quantitative estimate of drug-likeness (QED) is 0.477. The lowest BCUT2D eigenvalue weighted by Gasteiger charge is -2.19. The van der Waals surface area contributed by atoms with Crippen molar-refractivity contribution >= 4 is 33.2 Å². The SMILES string of the molecule is CCOc1ccc(S(=O)(=O)NC(Cc2ccccc2)C(=O)Nc2cccc(Cl)c2)cc1C. The van der Waals surface area contributed by atoms with Crippen LogP contribution in [0.15, 0.2) is 77.7 Å². The smallest absolute Gasteiger partial charge is 0.242 e. The van der Waals surface area contributed by atoms with Crippen molar-refractivity contribution in [2.75, 3.05) is 11.9 Å². The molecule has 3 aromatic rings. The third-order valence-electron chi connectivity index (χ3n) is 4.75. The number of carbonyl (C=O) groups is 1. The molecule has 0 spiro atoms. The molecule has 0 saturated carbocycles. The highest BCUT2D eigenvalue weighted by molar-refractivity contribution is 7.89. The second-order valence-corrected chi connectivity index (χ2v) is 9.37. The maximum atomic E-state index is 13.1. The Morgan fingerprint density at radius 2 is 1.78 bits per heavy atom. The zero-order chi connectivity index (χ0) is 23.1. The average molecular weight is 473 g/mol. The molecule has 6 nitrogen and oxygen atoms in total.